The molecule has 0 radical (unpaired) electrons. The maximum absolute atomic E-state index is 13.0. The van der Waals surface area contributed by atoms with Gasteiger partial charge in [-0.25, -0.2) is 4.98 Å². The Bertz CT molecular complexity index is 1470. The van der Waals surface area contributed by atoms with Crippen LogP contribution in [0.3, 0.4) is 0 Å². The first-order valence-corrected chi connectivity index (χ1v) is 12.1. The molecule has 1 aromatic heterocycles. The molecule has 2 unspecified atom stereocenters. The minimum absolute atomic E-state index is 0.166. The molecule has 2 amide bonds. The number of halogens is 5. The van der Waals surface area contributed by atoms with Crippen molar-refractivity contribution in [1.29, 1.82) is 0 Å². The maximum Gasteiger partial charge on any atom is 0.257 e. The lowest BCUT2D eigenvalue weighted by atomic mass is 10.1. The normalized spacial score (nSPS) is 18.3. The number of hydrogen-bond donors (Lipinski definition) is 2. The number of aromatic nitrogens is 1. The van der Waals surface area contributed by atoms with Crippen LogP contribution in [0.15, 0.2) is 65.4 Å². The van der Waals surface area contributed by atoms with Gasteiger partial charge >= 0.3 is 0 Å². The van der Waals surface area contributed by atoms with E-state index in [-0.39, 0.29) is 10.6 Å². The number of rotatable bonds is 5. The Kier molecular flexibility index (Phi) is 6.36. The molecule has 1 fully saturated rings. The van der Waals surface area contributed by atoms with Gasteiger partial charge in [-0.3, -0.25) is 9.59 Å². The smallest absolute Gasteiger partial charge is 0.257 e. The zero-order valence-electron chi connectivity index (χ0n) is 17.5. The fourth-order valence-corrected chi connectivity index (χ4v) is 5.53. The van der Waals surface area contributed by atoms with Crippen molar-refractivity contribution in [1.82, 2.24) is 4.98 Å². The minimum atomic E-state index is -1.33. The number of anilines is 2. The number of fused-ring (bicyclic) bond motifs is 1. The van der Waals surface area contributed by atoms with Crippen molar-refractivity contribution >= 4 is 92.3 Å². The van der Waals surface area contributed by atoms with E-state index in [0.29, 0.717) is 38.1 Å². The van der Waals surface area contributed by atoms with E-state index in [4.69, 9.17) is 62.4 Å². The van der Waals surface area contributed by atoms with Crippen molar-refractivity contribution in [3.8, 4) is 0 Å². The molecular formula is C24H14Cl5N3O3. The van der Waals surface area contributed by atoms with E-state index in [1.165, 1.54) is 18.5 Å². The molecule has 1 saturated carbocycles. The quantitative estimate of drug-likeness (QED) is 0.243. The Hall–Kier alpha value is -2.48. The first-order valence-electron chi connectivity index (χ1n) is 10.2. The Morgan fingerprint density at radius 3 is 2.31 bits per heavy atom. The zero-order valence-corrected chi connectivity index (χ0v) is 21.3. The monoisotopic (exact) mass is 567 g/mol. The van der Waals surface area contributed by atoms with Crippen LogP contribution < -0.4 is 10.6 Å². The standard InChI is InChI=1S/C24H14Cl5N3O3/c25-12-5-11(6-13(26)7-12)20-21(24(20,28)29)23(34)32-14-1-3-17(27)16(8-14)22(33)31-15-2-4-18-19(9-15)35-10-30-18/h1-10,20-21H,(H,31,33)(H,32,34). The van der Waals surface area contributed by atoms with E-state index in [2.05, 4.69) is 15.6 Å². The lowest BCUT2D eigenvalue weighted by Crippen LogP contribution is -2.18. The summed E-state index contributed by atoms with van der Waals surface area (Å²) >= 11 is 31.3. The van der Waals surface area contributed by atoms with Gasteiger partial charge in [0.15, 0.2) is 12.0 Å². The Morgan fingerprint density at radius 2 is 1.57 bits per heavy atom. The highest BCUT2D eigenvalue weighted by Gasteiger charge is 2.67. The molecule has 6 nitrogen and oxygen atoms in total. The van der Waals surface area contributed by atoms with Gasteiger partial charge in [0, 0.05) is 33.4 Å². The first kappa shape index (κ1) is 24.2. The van der Waals surface area contributed by atoms with Gasteiger partial charge < -0.3 is 15.1 Å². The molecule has 0 bridgehead atoms. The van der Waals surface area contributed by atoms with Crippen LogP contribution in [-0.2, 0) is 4.79 Å². The van der Waals surface area contributed by atoms with E-state index in [1.807, 2.05) is 0 Å². The maximum atomic E-state index is 13.0. The number of hydrogen-bond acceptors (Lipinski definition) is 4. The summed E-state index contributed by atoms with van der Waals surface area (Å²) in [4.78, 5) is 29.9. The molecule has 2 N–H and O–H groups in total. The number of nitrogens with one attached hydrogen (secondary N) is 2. The molecule has 11 heteroatoms. The molecule has 178 valence electrons. The van der Waals surface area contributed by atoms with Gasteiger partial charge in [0.1, 0.15) is 9.85 Å². The van der Waals surface area contributed by atoms with Crippen molar-refractivity contribution in [2.24, 2.45) is 5.92 Å². The fraction of sp³-hybridized carbons (Fsp3) is 0.125. The SMILES string of the molecule is O=C(Nc1ccc2ncoc2c1)c1cc(NC(=O)C2C(c3cc(Cl)cc(Cl)c3)C2(Cl)Cl)ccc1Cl. The molecule has 35 heavy (non-hydrogen) atoms. The predicted octanol–water partition coefficient (Wildman–Crippen LogP) is 7.57. The number of benzene rings is 3. The predicted molar refractivity (Wildman–Crippen MR) is 139 cm³/mol. The highest BCUT2D eigenvalue weighted by atomic mass is 35.5. The summed E-state index contributed by atoms with van der Waals surface area (Å²) in [6.45, 7) is 0. The highest BCUT2D eigenvalue weighted by Crippen LogP contribution is 2.65. The summed E-state index contributed by atoms with van der Waals surface area (Å²) in [7, 11) is 0. The third-order valence-corrected chi connectivity index (χ3v) is 7.35. The van der Waals surface area contributed by atoms with Crippen molar-refractivity contribution in [2.75, 3.05) is 10.6 Å². The third kappa shape index (κ3) is 4.82. The highest BCUT2D eigenvalue weighted by molar-refractivity contribution is 6.53. The number of nitrogens with zero attached hydrogens (tertiary/aromatic N) is 1. The van der Waals surface area contributed by atoms with Crippen molar-refractivity contribution in [3.63, 3.8) is 0 Å². The van der Waals surface area contributed by atoms with Gasteiger partial charge in [0.25, 0.3) is 5.91 Å². The Balaban J connectivity index is 1.33. The average molecular weight is 570 g/mol. The first-order chi connectivity index (χ1) is 16.6. The van der Waals surface area contributed by atoms with E-state index < -0.39 is 28.0 Å². The van der Waals surface area contributed by atoms with E-state index >= 15 is 0 Å². The van der Waals surface area contributed by atoms with Crippen LogP contribution in [0.1, 0.15) is 21.8 Å². The van der Waals surface area contributed by atoms with E-state index in [0.717, 1.165) is 0 Å². The van der Waals surface area contributed by atoms with Crippen LogP contribution in [0.2, 0.25) is 15.1 Å². The van der Waals surface area contributed by atoms with Crippen LogP contribution in [-0.4, -0.2) is 21.1 Å². The van der Waals surface area contributed by atoms with Crippen LogP contribution in [0, 0.1) is 5.92 Å². The van der Waals surface area contributed by atoms with Crippen LogP contribution >= 0.6 is 58.0 Å². The fourth-order valence-electron chi connectivity index (χ4n) is 3.95. The number of oxazole rings is 1. The summed E-state index contributed by atoms with van der Waals surface area (Å²) < 4.78 is 3.93. The summed E-state index contributed by atoms with van der Waals surface area (Å²) in [5, 5.41) is 6.56. The van der Waals surface area contributed by atoms with Crippen LogP contribution in [0.5, 0.6) is 0 Å². The van der Waals surface area contributed by atoms with Gasteiger partial charge in [0.2, 0.25) is 5.91 Å². The molecule has 3 aromatic carbocycles. The van der Waals surface area contributed by atoms with Crippen LogP contribution in [0.25, 0.3) is 11.1 Å². The molecular weight excluding hydrogens is 556 g/mol. The lowest BCUT2D eigenvalue weighted by Gasteiger charge is -2.10. The number of carbonyl (C=O) groups excluding carboxylic acids is 2. The topological polar surface area (TPSA) is 84.2 Å². The molecule has 1 aliphatic carbocycles. The summed E-state index contributed by atoms with van der Waals surface area (Å²) in [6, 6.07) is 14.6. The molecule has 0 saturated heterocycles. The Morgan fingerprint density at radius 1 is 0.886 bits per heavy atom. The number of amides is 2. The van der Waals surface area contributed by atoms with Gasteiger partial charge in [0.05, 0.1) is 16.5 Å². The lowest BCUT2D eigenvalue weighted by molar-refractivity contribution is -0.117. The van der Waals surface area contributed by atoms with E-state index in [9.17, 15) is 9.59 Å². The molecule has 1 aliphatic rings. The largest absolute Gasteiger partial charge is 0.443 e. The molecule has 4 aromatic rings. The third-order valence-electron chi connectivity index (χ3n) is 5.65. The zero-order chi connectivity index (χ0) is 24.9. The second kappa shape index (κ2) is 9.19. The molecule has 0 spiro atoms. The molecule has 5 rings (SSSR count). The van der Waals surface area contributed by atoms with Crippen LogP contribution in [0.4, 0.5) is 11.4 Å². The summed E-state index contributed by atoms with van der Waals surface area (Å²) in [5.74, 6) is -2.13. The average Bonchev–Trinajstić information content (AvgIpc) is 3.11. The van der Waals surface area contributed by atoms with Gasteiger partial charge in [-0.05, 0) is 54.1 Å². The summed E-state index contributed by atoms with van der Waals surface area (Å²) in [5.41, 5.74) is 2.87. The van der Waals surface area contributed by atoms with Crippen molar-refractivity contribution in [3.05, 3.63) is 87.2 Å². The number of alkyl halides is 2. The van der Waals surface area contributed by atoms with Gasteiger partial charge in [-0.2, -0.15) is 0 Å². The molecule has 0 aliphatic heterocycles. The minimum Gasteiger partial charge on any atom is -0.443 e. The number of carbonyl (C=O) groups is 2. The van der Waals surface area contributed by atoms with Gasteiger partial charge in [-0.15, -0.1) is 23.2 Å². The Labute approximate surface area is 224 Å². The second-order valence-electron chi connectivity index (χ2n) is 8.01. The van der Waals surface area contributed by atoms with E-state index in [1.54, 1.807) is 42.5 Å². The van der Waals surface area contributed by atoms with Crippen molar-refractivity contribution in [2.45, 2.75) is 10.3 Å². The summed E-state index contributed by atoms with van der Waals surface area (Å²) in [6.07, 6.45) is 1.32. The molecule has 1 heterocycles. The van der Waals surface area contributed by atoms with Crippen molar-refractivity contribution < 1.29 is 14.0 Å². The molecule has 2 atom stereocenters. The van der Waals surface area contributed by atoms with Gasteiger partial charge in [-0.1, -0.05) is 34.8 Å². The second-order valence-corrected chi connectivity index (χ2v) is 10.7.